The zero-order valence-electron chi connectivity index (χ0n) is 13.8. The first-order valence-corrected chi connectivity index (χ1v) is 8.31. The van der Waals surface area contributed by atoms with E-state index in [0.29, 0.717) is 5.71 Å². The van der Waals surface area contributed by atoms with Crippen LogP contribution in [0.3, 0.4) is 0 Å². The molecule has 0 atom stereocenters. The second-order valence-electron chi connectivity index (χ2n) is 5.93. The van der Waals surface area contributed by atoms with Gasteiger partial charge in [0, 0.05) is 23.9 Å². The number of benzene rings is 1. The summed E-state index contributed by atoms with van der Waals surface area (Å²) in [6.07, 6.45) is 4.34. The molecule has 2 amide bonds. The highest BCUT2D eigenvalue weighted by Gasteiger charge is 2.18. The lowest BCUT2D eigenvalue weighted by Gasteiger charge is -2.11. The number of hydrogen-bond donors (Lipinski definition) is 2. The molecule has 9 heteroatoms. The summed E-state index contributed by atoms with van der Waals surface area (Å²) in [5.74, 6) is -0.730. The maximum atomic E-state index is 12.0. The third-order valence-corrected chi connectivity index (χ3v) is 4.21. The second-order valence-corrected chi connectivity index (χ2v) is 6.34. The van der Waals surface area contributed by atoms with Crippen molar-refractivity contribution in [2.24, 2.45) is 5.10 Å². The van der Waals surface area contributed by atoms with Crippen molar-refractivity contribution in [3.05, 3.63) is 38.9 Å². The molecular weight excluding hydrogens is 348 g/mol. The van der Waals surface area contributed by atoms with Gasteiger partial charge in [-0.3, -0.25) is 19.7 Å². The van der Waals surface area contributed by atoms with Crippen LogP contribution in [0.5, 0.6) is 0 Å². The summed E-state index contributed by atoms with van der Waals surface area (Å²) in [4.78, 5) is 34.0. The van der Waals surface area contributed by atoms with Gasteiger partial charge in [-0.25, -0.2) is 5.43 Å². The molecule has 8 nitrogen and oxygen atoms in total. The fraction of sp³-hybridized carbons (Fsp3) is 0.438. The molecule has 0 radical (unpaired) electrons. The van der Waals surface area contributed by atoms with Gasteiger partial charge < -0.3 is 5.32 Å². The van der Waals surface area contributed by atoms with Crippen molar-refractivity contribution in [3.63, 3.8) is 0 Å². The zero-order valence-corrected chi connectivity index (χ0v) is 14.5. The Labute approximate surface area is 149 Å². The van der Waals surface area contributed by atoms with Crippen LogP contribution >= 0.6 is 11.6 Å². The van der Waals surface area contributed by atoms with Gasteiger partial charge in [0.15, 0.2) is 0 Å². The van der Waals surface area contributed by atoms with E-state index in [1.54, 1.807) is 6.92 Å². The molecule has 1 aliphatic carbocycles. The Morgan fingerprint density at radius 3 is 2.64 bits per heavy atom. The zero-order chi connectivity index (χ0) is 18.4. The number of nitro benzene ring substituents is 1. The highest BCUT2D eigenvalue weighted by Crippen LogP contribution is 2.22. The van der Waals surface area contributed by atoms with Gasteiger partial charge in [0.1, 0.15) is 0 Å². The summed E-state index contributed by atoms with van der Waals surface area (Å²) in [5.41, 5.74) is 2.61. The Morgan fingerprint density at radius 2 is 2.04 bits per heavy atom. The number of hydrogen-bond acceptors (Lipinski definition) is 5. The molecular formula is C16H19ClN4O4. The summed E-state index contributed by atoms with van der Waals surface area (Å²) < 4.78 is 0. The Balaban J connectivity index is 1.90. The topological polar surface area (TPSA) is 114 Å². The summed E-state index contributed by atoms with van der Waals surface area (Å²) in [6, 6.07) is 3.77. The van der Waals surface area contributed by atoms with E-state index in [1.807, 2.05) is 0 Å². The van der Waals surface area contributed by atoms with E-state index in [2.05, 4.69) is 15.8 Å². The molecule has 1 aliphatic rings. The van der Waals surface area contributed by atoms with Crippen LogP contribution in [0.15, 0.2) is 23.3 Å². The number of carbonyl (C=O) groups excluding carboxylic acids is 2. The van der Waals surface area contributed by atoms with Crippen molar-refractivity contribution in [2.45, 2.75) is 45.1 Å². The average Bonchev–Trinajstić information content (AvgIpc) is 3.05. The number of non-ortho nitro benzene ring substituents is 1. The van der Waals surface area contributed by atoms with Crippen LogP contribution in [0, 0.1) is 10.1 Å². The first-order chi connectivity index (χ1) is 11.9. The van der Waals surface area contributed by atoms with Crippen LogP contribution in [0.4, 0.5) is 5.69 Å². The second kappa shape index (κ2) is 8.57. The number of amides is 2. The lowest BCUT2D eigenvalue weighted by molar-refractivity contribution is -0.384. The van der Waals surface area contributed by atoms with E-state index in [-0.39, 0.29) is 34.6 Å². The molecule has 25 heavy (non-hydrogen) atoms. The van der Waals surface area contributed by atoms with Gasteiger partial charge >= 0.3 is 0 Å². The van der Waals surface area contributed by atoms with Crippen LogP contribution in [0.25, 0.3) is 0 Å². The molecule has 0 bridgehead atoms. The highest BCUT2D eigenvalue weighted by molar-refractivity contribution is 6.34. The van der Waals surface area contributed by atoms with Crippen LogP contribution in [-0.2, 0) is 4.79 Å². The minimum absolute atomic E-state index is 0.0430. The summed E-state index contributed by atoms with van der Waals surface area (Å²) in [7, 11) is 0. The van der Waals surface area contributed by atoms with Crippen molar-refractivity contribution >= 4 is 34.8 Å². The van der Waals surface area contributed by atoms with Crippen LogP contribution < -0.4 is 10.7 Å². The number of nitrogens with one attached hydrogen (secondary N) is 2. The first kappa shape index (κ1) is 18.9. The normalized spacial score (nSPS) is 15.0. The third-order valence-electron chi connectivity index (χ3n) is 3.89. The molecule has 134 valence electrons. The summed E-state index contributed by atoms with van der Waals surface area (Å²) in [5, 5.41) is 17.4. The minimum atomic E-state index is -0.601. The Kier molecular flexibility index (Phi) is 6.46. The van der Waals surface area contributed by atoms with E-state index in [9.17, 15) is 19.7 Å². The smallest absolute Gasteiger partial charge is 0.272 e. The van der Waals surface area contributed by atoms with Crippen molar-refractivity contribution in [1.82, 2.24) is 10.7 Å². The van der Waals surface area contributed by atoms with Gasteiger partial charge in [0.2, 0.25) is 5.91 Å². The highest BCUT2D eigenvalue weighted by atomic mass is 35.5. The molecule has 0 saturated heterocycles. The van der Waals surface area contributed by atoms with E-state index in [1.165, 1.54) is 12.1 Å². The van der Waals surface area contributed by atoms with Gasteiger partial charge in [0.05, 0.1) is 21.9 Å². The van der Waals surface area contributed by atoms with E-state index in [4.69, 9.17) is 11.6 Å². The molecule has 1 aromatic carbocycles. The monoisotopic (exact) mass is 366 g/mol. The molecule has 0 aliphatic heterocycles. The number of carbonyl (C=O) groups is 2. The Bertz CT molecular complexity index is 714. The standard InChI is InChI=1S/C16H19ClN4O4/c1-10(8-15(22)18-11-4-2-3-5-11)19-20-16(23)13-7-6-12(21(24)25)9-14(13)17/h6-7,9,11H,2-5,8H2,1H3,(H,18,22)(H,20,23). The molecule has 0 aromatic heterocycles. The molecule has 1 saturated carbocycles. The summed E-state index contributed by atoms with van der Waals surface area (Å²) in [6.45, 7) is 1.63. The van der Waals surface area contributed by atoms with Crippen LogP contribution in [0.1, 0.15) is 49.4 Å². The number of rotatable bonds is 6. The quantitative estimate of drug-likeness (QED) is 0.457. The predicted molar refractivity (Wildman–Crippen MR) is 93.7 cm³/mol. The van der Waals surface area contributed by atoms with E-state index in [0.717, 1.165) is 31.7 Å². The van der Waals surface area contributed by atoms with Crippen LogP contribution in [-0.4, -0.2) is 28.5 Å². The fourth-order valence-corrected chi connectivity index (χ4v) is 2.89. The van der Waals surface area contributed by atoms with Gasteiger partial charge in [-0.2, -0.15) is 5.10 Å². The van der Waals surface area contributed by atoms with E-state index >= 15 is 0 Å². The van der Waals surface area contributed by atoms with Gasteiger partial charge in [0.25, 0.3) is 11.6 Å². The van der Waals surface area contributed by atoms with Crippen molar-refractivity contribution in [2.75, 3.05) is 0 Å². The molecule has 2 rings (SSSR count). The minimum Gasteiger partial charge on any atom is -0.353 e. The number of hydrazone groups is 1. The lowest BCUT2D eigenvalue weighted by Crippen LogP contribution is -2.33. The molecule has 2 N–H and O–H groups in total. The van der Waals surface area contributed by atoms with Crippen molar-refractivity contribution < 1.29 is 14.5 Å². The number of nitro groups is 1. The third kappa shape index (κ3) is 5.53. The average molecular weight is 367 g/mol. The predicted octanol–water partition coefficient (Wildman–Crippen LogP) is 2.80. The maximum absolute atomic E-state index is 12.0. The molecule has 0 spiro atoms. The van der Waals surface area contributed by atoms with Gasteiger partial charge in [-0.1, -0.05) is 24.4 Å². The molecule has 0 unspecified atom stereocenters. The van der Waals surface area contributed by atoms with Crippen molar-refractivity contribution in [3.8, 4) is 0 Å². The van der Waals surface area contributed by atoms with E-state index < -0.39 is 10.8 Å². The largest absolute Gasteiger partial charge is 0.353 e. The lowest BCUT2D eigenvalue weighted by atomic mass is 10.2. The summed E-state index contributed by atoms with van der Waals surface area (Å²) >= 11 is 5.89. The van der Waals surface area contributed by atoms with Gasteiger partial charge in [-0.15, -0.1) is 0 Å². The SMILES string of the molecule is CC(CC(=O)NC1CCCC1)=NNC(=O)c1ccc([N+](=O)[O-])cc1Cl. The Morgan fingerprint density at radius 1 is 1.36 bits per heavy atom. The first-order valence-electron chi connectivity index (χ1n) is 7.93. The fourth-order valence-electron chi connectivity index (χ4n) is 2.63. The van der Waals surface area contributed by atoms with Crippen molar-refractivity contribution in [1.29, 1.82) is 0 Å². The molecule has 0 heterocycles. The van der Waals surface area contributed by atoms with Gasteiger partial charge in [-0.05, 0) is 25.8 Å². The number of nitrogens with zero attached hydrogens (tertiary/aromatic N) is 2. The van der Waals surface area contributed by atoms with Crippen LogP contribution in [0.2, 0.25) is 5.02 Å². The maximum Gasteiger partial charge on any atom is 0.272 e. The number of halogens is 1. The Hall–Kier alpha value is -2.48. The molecule has 1 fully saturated rings. The molecule has 1 aromatic rings.